The van der Waals surface area contributed by atoms with Crippen LogP contribution in [-0.2, 0) is 6.42 Å². The van der Waals surface area contributed by atoms with Crippen LogP contribution in [0.15, 0.2) is 9.52 Å². The highest BCUT2D eigenvalue weighted by Crippen LogP contribution is 2.07. The lowest BCUT2D eigenvalue weighted by Gasteiger charge is -2.20. The minimum Gasteiger partial charge on any atom is -0.356 e. The van der Waals surface area contributed by atoms with E-state index >= 15 is 0 Å². The molecule has 1 aromatic heterocycles. The van der Waals surface area contributed by atoms with Gasteiger partial charge in [0.25, 0.3) is 0 Å². The zero-order valence-corrected chi connectivity index (χ0v) is 11.1. The molecule has 6 heteroatoms. The number of aliphatic imine (C=N–C) groups is 1. The molecule has 6 nitrogen and oxygen atoms in total. The molecule has 0 bridgehead atoms. The van der Waals surface area contributed by atoms with Crippen LogP contribution in [-0.4, -0.2) is 47.7 Å². The number of aromatic nitrogens is 2. The predicted octanol–water partition coefficient (Wildman–Crippen LogP) is 0.982. The normalized spacial score (nSPS) is 16.3. The van der Waals surface area contributed by atoms with Crippen molar-refractivity contribution in [3.8, 4) is 0 Å². The van der Waals surface area contributed by atoms with E-state index in [1.807, 2.05) is 14.0 Å². The molecule has 1 fully saturated rings. The average Bonchev–Trinajstić information content (AvgIpc) is 3.01. The second-order valence-corrected chi connectivity index (χ2v) is 4.51. The summed E-state index contributed by atoms with van der Waals surface area (Å²) in [6, 6.07) is 0. The first-order valence-electron chi connectivity index (χ1n) is 6.54. The van der Waals surface area contributed by atoms with E-state index in [9.17, 15) is 0 Å². The summed E-state index contributed by atoms with van der Waals surface area (Å²) in [4.78, 5) is 10.8. The number of rotatable bonds is 4. The zero-order chi connectivity index (χ0) is 12.8. The van der Waals surface area contributed by atoms with Crippen LogP contribution in [0, 0.1) is 6.92 Å². The van der Waals surface area contributed by atoms with Crippen LogP contribution >= 0.6 is 0 Å². The van der Waals surface area contributed by atoms with Crippen molar-refractivity contribution in [1.82, 2.24) is 20.4 Å². The van der Waals surface area contributed by atoms with Crippen molar-refractivity contribution in [2.24, 2.45) is 4.99 Å². The first kappa shape index (κ1) is 12.9. The molecule has 1 aromatic rings. The van der Waals surface area contributed by atoms with E-state index in [0.717, 1.165) is 38.4 Å². The summed E-state index contributed by atoms with van der Waals surface area (Å²) in [6.45, 7) is 4.94. The third-order valence-electron chi connectivity index (χ3n) is 3.04. The number of hydrogen-bond donors (Lipinski definition) is 1. The van der Waals surface area contributed by atoms with Gasteiger partial charge in [-0.25, -0.2) is 0 Å². The van der Waals surface area contributed by atoms with E-state index in [0.29, 0.717) is 11.7 Å². The number of hydrogen-bond acceptors (Lipinski definition) is 4. The number of guanidine groups is 1. The highest BCUT2D eigenvalue weighted by atomic mass is 16.5. The van der Waals surface area contributed by atoms with Crippen molar-refractivity contribution >= 4 is 5.96 Å². The van der Waals surface area contributed by atoms with Crippen molar-refractivity contribution in [2.75, 3.05) is 26.7 Å². The maximum atomic E-state index is 5.07. The lowest BCUT2D eigenvalue weighted by atomic mass is 10.3. The summed E-state index contributed by atoms with van der Waals surface area (Å²) in [5.74, 6) is 2.42. The Morgan fingerprint density at radius 3 is 2.83 bits per heavy atom. The van der Waals surface area contributed by atoms with Gasteiger partial charge in [0.1, 0.15) is 0 Å². The monoisotopic (exact) mass is 251 g/mol. The molecule has 0 amide bonds. The van der Waals surface area contributed by atoms with Crippen LogP contribution in [0.3, 0.4) is 0 Å². The quantitative estimate of drug-likeness (QED) is 0.491. The van der Waals surface area contributed by atoms with Crippen LogP contribution in [0.25, 0.3) is 0 Å². The van der Waals surface area contributed by atoms with Crippen LogP contribution < -0.4 is 5.32 Å². The molecule has 1 aliphatic heterocycles. The fraction of sp³-hybridized carbons (Fsp3) is 0.750. The van der Waals surface area contributed by atoms with Crippen molar-refractivity contribution in [3.63, 3.8) is 0 Å². The number of nitrogens with one attached hydrogen (secondary N) is 1. The second kappa shape index (κ2) is 6.37. The van der Waals surface area contributed by atoms with Gasteiger partial charge < -0.3 is 14.7 Å². The molecule has 0 atom stereocenters. The lowest BCUT2D eigenvalue weighted by Crippen LogP contribution is -2.40. The van der Waals surface area contributed by atoms with Crippen LogP contribution in [0.5, 0.6) is 0 Å². The molecule has 0 spiro atoms. The van der Waals surface area contributed by atoms with Gasteiger partial charge in [0, 0.05) is 33.1 Å². The SMILES string of the molecule is CN=C(NCCCc1nc(C)no1)N1CCCC1. The Bertz CT molecular complexity index is 395. The van der Waals surface area contributed by atoms with E-state index in [4.69, 9.17) is 4.52 Å². The Hall–Kier alpha value is -1.59. The van der Waals surface area contributed by atoms with Gasteiger partial charge in [-0.2, -0.15) is 4.98 Å². The molecule has 1 saturated heterocycles. The van der Waals surface area contributed by atoms with Crippen molar-refractivity contribution in [1.29, 1.82) is 0 Å². The molecule has 2 heterocycles. The molecule has 1 aliphatic rings. The molecule has 0 unspecified atom stereocenters. The predicted molar refractivity (Wildman–Crippen MR) is 69.5 cm³/mol. The fourth-order valence-corrected chi connectivity index (χ4v) is 2.14. The van der Waals surface area contributed by atoms with Crippen LogP contribution in [0.4, 0.5) is 0 Å². The van der Waals surface area contributed by atoms with Gasteiger partial charge in [-0.15, -0.1) is 0 Å². The van der Waals surface area contributed by atoms with Gasteiger partial charge >= 0.3 is 0 Å². The number of nitrogens with zero attached hydrogens (tertiary/aromatic N) is 4. The molecule has 0 radical (unpaired) electrons. The highest BCUT2D eigenvalue weighted by molar-refractivity contribution is 5.80. The molecule has 0 aliphatic carbocycles. The molecule has 0 saturated carbocycles. The second-order valence-electron chi connectivity index (χ2n) is 4.51. The van der Waals surface area contributed by atoms with Crippen molar-refractivity contribution in [2.45, 2.75) is 32.6 Å². The largest absolute Gasteiger partial charge is 0.356 e. The minimum atomic E-state index is 0.700. The number of aryl methyl sites for hydroxylation is 2. The molecule has 0 aromatic carbocycles. The van der Waals surface area contributed by atoms with E-state index in [1.54, 1.807) is 0 Å². The molecular weight excluding hydrogens is 230 g/mol. The van der Waals surface area contributed by atoms with Crippen LogP contribution in [0.1, 0.15) is 31.0 Å². The molecular formula is C12H21N5O. The van der Waals surface area contributed by atoms with E-state index in [1.165, 1.54) is 12.8 Å². The van der Waals surface area contributed by atoms with Crippen molar-refractivity contribution < 1.29 is 4.52 Å². The summed E-state index contributed by atoms with van der Waals surface area (Å²) >= 11 is 0. The number of likely N-dealkylation sites (tertiary alicyclic amines) is 1. The van der Waals surface area contributed by atoms with Gasteiger partial charge in [0.05, 0.1) is 0 Å². The Labute approximate surface area is 107 Å². The summed E-state index contributed by atoms with van der Waals surface area (Å²) in [7, 11) is 1.84. The van der Waals surface area contributed by atoms with Gasteiger partial charge in [-0.3, -0.25) is 4.99 Å². The molecule has 100 valence electrons. The lowest BCUT2D eigenvalue weighted by molar-refractivity contribution is 0.371. The highest BCUT2D eigenvalue weighted by Gasteiger charge is 2.15. The first-order chi connectivity index (χ1) is 8.79. The Balaban J connectivity index is 1.67. The van der Waals surface area contributed by atoms with Crippen molar-refractivity contribution in [3.05, 3.63) is 11.7 Å². The van der Waals surface area contributed by atoms with Crippen LogP contribution in [0.2, 0.25) is 0 Å². The summed E-state index contributed by atoms with van der Waals surface area (Å²) in [5.41, 5.74) is 0. The van der Waals surface area contributed by atoms with E-state index in [-0.39, 0.29) is 0 Å². The molecule has 2 rings (SSSR count). The zero-order valence-electron chi connectivity index (χ0n) is 11.1. The summed E-state index contributed by atoms with van der Waals surface area (Å²) in [6.07, 6.45) is 4.31. The fourth-order valence-electron chi connectivity index (χ4n) is 2.14. The maximum Gasteiger partial charge on any atom is 0.226 e. The third kappa shape index (κ3) is 3.45. The minimum absolute atomic E-state index is 0.700. The van der Waals surface area contributed by atoms with Gasteiger partial charge in [-0.05, 0) is 26.2 Å². The Kier molecular flexibility index (Phi) is 4.55. The average molecular weight is 251 g/mol. The van der Waals surface area contributed by atoms with Gasteiger partial charge in [0.15, 0.2) is 11.8 Å². The summed E-state index contributed by atoms with van der Waals surface area (Å²) < 4.78 is 5.07. The smallest absolute Gasteiger partial charge is 0.226 e. The summed E-state index contributed by atoms with van der Waals surface area (Å²) in [5, 5.41) is 7.15. The molecule has 1 N–H and O–H groups in total. The first-order valence-corrected chi connectivity index (χ1v) is 6.54. The van der Waals surface area contributed by atoms with Gasteiger partial charge in [0.2, 0.25) is 5.89 Å². The van der Waals surface area contributed by atoms with E-state index in [2.05, 4.69) is 25.3 Å². The topological polar surface area (TPSA) is 66.5 Å². The molecule has 18 heavy (non-hydrogen) atoms. The standard InChI is InChI=1S/C12H21N5O/c1-10-15-11(18-16-10)6-5-7-14-12(13-2)17-8-3-4-9-17/h3-9H2,1-2H3,(H,13,14). The Morgan fingerprint density at radius 1 is 1.44 bits per heavy atom. The Morgan fingerprint density at radius 2 is 2.22 bits per heavy atom. The maximum absolute atomic E-state index is 5.07. The van der Waals surface area contributed by atoms with Gasteiger partial charge in [-0.1, -0.05) is 5.16 Å². The van der Waals surface area contributed by atoms with E-state index < -0.39 is 0 Å². The third-order valence-corrected chi connectivity index (χ3v) is 3.04.